The molecule has 0 radical (unpaired) electrons. The van der Waals surface area contributed by atoms with Crippen molar-refractivity contribution in [3.05, 3.63) is 70.9 Å². The molecule has 3 heterocycles. The zero-order valence-electron chi connectivity index (χ0n) is 15.2. The molecule has 0 saturated carbocycles. The van der Waals surface area contributed by atoms with Crippen LogP contribution in [0, 0.1) is 0 Å². The van der Waals surface area contributed by atoms with Crippen LogP contribution >= 0.6 is 0 Å². The van der Waals surface area contributed by atoms with E-state index < -0.39 is 0 Å². The number of nitrogens with one attached hydrogen (secondary N) is 1. The molecule has 0 unspecified atom stereocenters. The predicted molar refractivity (Wildman–Crippen MR) is 102 cm³/mol. The van der Waals surface area contributed by atoms with E-state index in [0.717, 1.165) is 29.2 Å². The number of aromatic nitrogens is 2. The molecule has 2 aromatic rings. The summed E-state index contributed by atoms with van der Waals surface area (Å²) in [5.41, 5.74) is 9.88. The second-order valence-electron chi connectivity index (χ2n) is 6.88. The van der Waals surface area contributed by atoms with Crippen LogP contribution in [0.3, 0.4) is 0 Å². The van der Waals surface area contributed by atoms with Crippen molar-refractivity contribution in [2.45, 2.75) is 26.3 Å². The van der Waals surface area contributed by atoms with E-state index >= 15 is 0 Å². The highest BCUT2D eigenvalue weighted by atomic mass is 15.6. The van der Waals surface area contributed by atoms with Gasteiger partial charge in [-0.3, -0.25) is 20.1 Å². The summed E-state index contributed by atoms with van der Waals surface area (Å²) in [6.07, 6.45) is 7.31. The standard InChI is InChI=1S/C19H23N7/c1-13(2)16-7-5-4-6-14(16)10-26-17-11-25(20)12-21-19(17)18(23-26)15-8-22-24(3)9-15/h4-9,11-13,23H,10,20H2,1-3H3. The number of benzene rings is 1. The minimum Gasteiger partial charge on any atom is -0.295 e. The van der Waals surface area contributed by atoms with Gasteiger partial charge in [-0.1, -0.05) is 38.1 Å². The fourth-order valence-corrected chi connectivity index (χ4v) is 3.35. The van der Waals surface area contributed by atoms with Gasteiger partial charge in [0.15, 0.2) is 0 Å². The van der Waals surface area contributed by atoms with Gasteiger partial charge >= 0.3 is 0 Å². The number of fused-ring (bicyclic) bond motifs is 1. The molecule has 134 valence electrons. The Balaban J connectivity index is 1.70. The first-order chi connectivity index (χ1) is 12.5. The lowest BCUT2D eigenvalue weighted by Crippen LogP contribution is -2.34. The Labute approximate surface area is 153 Å². The molecular formula is C19H23N7. The molecule has 0 saturated heterocycles. The average molecular weight is 349 g/mol. The summed E-state index contributed by atoms with van der Waals surface area (Å²) in [5.74, 6) is 6.39. The third kappa shape index (κ3) is 2.86. The molecule has 0 aliphatic carbocycles. The summed E-state index contributed by atoms with van der Waals surface area (Å²) in [5, 5.41) is 7.85. The molecule has 2 aliphatic rings. The fourth-order valence-electron chi connectivity index (χ4n) is 3.35. The maximum atomic E-state index is 5.93. The van der Waals surface area contributed by atoms with Gasteiger partial charge in [-0.2, -0.15) is 5.10 Å². The van der Waals surface area contributed by atoms with Gasteiger partial charge in [-0.25, -0.2) is 10.8 Å². The maximum absolute atomic E-state index is 5.93. The third-order valence-corrected chi connectivity index (χ3v) is 4.61. The normalized spacial score (nSPS) is 16.3. The molecule has 3 N–H and O–H groups in total. The van der Waals surface area contributed by atoms with Crippen LogP contribution in [0.15, 0.2) is 59.2 Å². The van der Waals surface area contributed by atoms with Gasteiger partial charge in [0.1, 0.15) is 17.7 Å². The molecule has 0 bridgehead atoms. The topological polar surface area (TPSA) is 74.7 Å². The number of hydrogen-bond acceptors (Lipinski definition) is 6. The Morgan fingerprint density at radius 1 is 1.23 bits per heavy atom. The Hall–Kier alpha value is -3.06. The molecule has 26 heavy (non-hydrogen) atoms. The van der Waals surface area contributed by atoms with Gasteiger partial charge in [-0.15, -0.1) is 0 Å². The van der Waals surface area contributed by atoms with Gasteiger partial charge in [0, 0.05) is 25.0 Å². The van der Waals surface area contributed by atoms with Gasteiger partial charge in [0.2, 0.25) is 0 Å². The first kappa shape index (κ1) is 16.4. The second-order valence-corrected chi connectivity index (χ2v) is 6.88. The lowest BCUT2D eigenvalue weighted by Gasteiger charge is -2.25. The van der Waals surface area contributed by atoms with E-state index in [1.54, 1.807) is 11.0 Å². The highest BCUT2D eigenvalue weighted by molar-refractivity contribution is 5.77. The Kier molecular flexibility index (Phi) is 4.00. The zero-order valence-corrected chi connectivity index (χ0v) is 15.2. The molecule has 7 nitrogen and oxygen atoms in total. The van der Waals surface area contributed by atoms with Crippen LogP contribution in [0.5, 0.6) is 0 Å². The quantitative estimate of drug-likeness (QED) is 0.829. The largest absolute Gasteiger partial charge is 0.295 e. The third-order valence-electron chi connectivity index (χ3n) is 4.61. The molecular weight excluding hydrogens is 326 g/mol. The van der Waals surface area contributed by atoms with Gasteiger partial charge < -0.3 is 0 Å². The molecule has 4 rings (SSSR count). The smallest absolute Gasteiger partial charge is 0.117 e. The van der Waals surface area contributed by atoms with Crippen LogP contribution in [-0.2, 0) is 13.6 Å². The summed E-state index contributed by atoms with van der Waals surface area (Å²) in [6.45, 7) is 5.15. The van der Waals surface area contributed by atoms with Gasteiger partial charge in [0.05, 0.1) is 18.4 Å². The first-order valence-electron chi connectivity index (χ1n) is 8.67. The van der Waals surface area contributed by atoms with Crippen LogP contribution in [-0.4, -0.2) is 26.1 Å². The van der Waals surface area contributed by atoms with Crippen molar-refractivity contribution in [3.8, 4) is 0 Å². The minimum atomic E-state index is 0.461. The number of rotatable bonds is 4. The Morgan fingerprint density at radius 3 is 2.77 bits per heavy atom. The van der Waals surface area contributed by atoms with E-state index in [1.807, 2.05) is 25.6 Å². The lowest BCUT2D eigenvalue weighted by atomic mass is 9.97. The lowest BCUT2D eigenvalue weighted by molar-refractivity contribution is 0.301. The number of aliphatic imine (C=N–C) groups is 1. The van der Waals surface area contributed by atoms with Crippen molar-refractivity contribution in [1.29, 1.82) is 0 Å². The number of hydrogen-bond donors (Lipinski definition) is 2. The van der Waals surface area contributed by atoms with E-state index in [0.29, 0.717) is 5.92 Å². The fraction of sp³-hybridized carbons (Fsp3) is 0.263. The van der Waals surface area contributed by atoms with Crippen LogP contribution < -0.4 is 11.3 Å². The first-order valence-corrected chi connectivity index (χ1v) is 8.67. The molecule has 0 atom stereocenters. The van der Waals surface area contributed by atoms with Gasteiger partial charge in [0.25, 0.3) is 0 Å². The van der Waals surface area contributed by atoms with Crippen LogP contribution in [0.4, 0.5) is 0 Å². The van der Waals surface area contributed by atoms with Crippen molar-refractivity contribution in [2.24, 2.45) is 17.9 Å². The SMILES string of the molecule is CC(C)c1ccccc1CN1NC(c2cnn(C)c2)=C2N=CN(N)C=C21. The average Bonchev–Trinajstić information content (AvgIpc) is 3.19. The maximum Gasteiger partial charge on any atom is 0.117 e. The number of nitrogens with two attached hydrogens (primary N) is 1. The predicted octanol–water partition coefficient (Wildman–Crippen LogP) is 2.29. The van der Waals surface area contributed by atoms with Crippen LogP contribution in [0.1, 0.15) is 36.5 Å². The van der Waals surface area contributed by atoms with Crippen molar-refractivity contribution in [2.75, 3.05) is 0 Å². The van der Waals surface area contributed by atoms with E-state index in [4.69, 9.17) is 5.84 Å². The van der Waals surface area contributed by atoms with Crippen molar-refractivity contribution in [3.63, 3.8) is 0 Å². The van der Waals surface area contributed by atoms with Crippen molar-refractivity contribution in [1.82, 2.24) is 25.2 Å². The minimum absolute atomic E-state index is 0.461. The van der Waals surface area contributed by atoms with Crippen molar-refractivity contribution >= 4 is 12.0 Å². The highest BCUT2D eigenvalue weighted by Gasteiger charge is 2.30. The molecule has 1 aromatic carbocycles. The van der Waals surface area contributed by atoms with E-state index in [2.05, 4.69) is 58.6 Å². The number of nitrogens with zero attached hydrogens (tertiary/aromatic N) is 5. The molecule has 0 fully saturated rings. The van der Waals surface area contributed by atoms with Crippen molar-refractivity contribution < 1.29 is 0 Å². The highest BCUT2D eigenvalue weighted by Crippen LogP contribution is 2.34. The Morgan fingerprint density at radius 2 is 2.04 bits per heavy atom. The summed E-state index contributed by atoms with van der Waals surface area (Å²) < 4.78 is 1.78. The molecule has 0 amide bonds. The van der Waals surface area contributed by atoms with Crippen LogP contribution in [0.25, 0.3) is 5.70 Å². The monoisotopic (exact) mass is 349 g/mol. The second kappa shape index (κ2) is 6.34. The van der Waals surface area contributed by atoms with E-state index in [1.165, 1.54) is 16.1 Å². The van der Waals surface area contributed by atoms with Gasteiger partial charge in [-0.05, 0) is 17.0 Å². The zero-order chi connectivity index (χ0) is 18.3. The summed E-state index contributed by atoms with van der Waals surface area (Å²) >= 11 is 0. The summed E-state index contributed by atoms with van der Waals surface area (Å²) in [6, 6.07) is 8.53. The molecule has 7 heteroatoms. The molecule has 1 aromatic heterocycles. The number of hydrazine groups is 2. The van der Waals surface area contributed by atoms with Crippen LogP contribution in [0.2, 0.25) is 0 Å². The number of aryl methyl sites for hydroxylation is 1. The molecule has 2 aliphatic heterocycles. The van der Waals surface area contributed by atoms with E-state index in [9.17, 15) is 0 Å². The Bertz CT molecular complexity index is 919. The summed E-state index contributed by atoms with van der Waals surface area (Å²) in [4.78, 5) is 4.53. The molecule has 0 spiro atoms. The van der Waals surface area contributed by atoms with E-state index in [-0.39, 0.29) is 0 Å². The summed E-state index contributed by atoms with van der Waals surface area (Å²) in [7, 11) is 1.91.